The Kier molecular flexibility index (Phi) is 5.56. The van der Waals surface area contributed by atoms with Crippen LogP contribution in [0.15, 0.2) is 17.5 Å². The minimum Gasteiger partial charge on any atom is -0.373 e. The van der Waals surface area contributed by atoms with Gasteiger partial charge < -0.3 is 15.0 Å². The molecule has 0 radical (unpaired) electrons. The van der Waals surface area contributed by atoms with Gasteiger partial charge in [0.1, 0.15) is 0 Å². The molecule has 0 saturated carbocycles. The number of hydrogen-bond donors (Lipinski definition) is 1. The van der Waals surface area contributed by atoms with Crippen LogP contribution in [-0.2, 0) is 11.3 Å². The van der Waals surface area contributed by atoms with E-state index in [1.54, 1.807) is 11.3 Å². The smallest absolute Gasteiger partial charge is 0.317 e. The molecule has 128 valence electrons. The summed E-state index contributed by atoms with van der Waals surface area (Å²) < 4.78 is 5.80. The van der Waals surface area contributed by atoms with Crippen molar-refractivity contribution in [2.75, 3.05) is 26.2 Å². The molecule has 0 spiro atoms. The van der Waals surface area contributed by atoms with Crippen molar-refractivity contribution in [3.8, 4) is 0 Å². The van der Waals surface area contributed by atoms with Gasteiger partial charge in [-0.25, -0.2) is 4.79 Å². The highest BCUT2D eigenvalue weighted by Crippen LogP contribution is 2.21. The van der Waals surface area contributed by atoms with E-state index in [0.717, 1.165) is 39.0 Å². The quantitative estimate of drug-likeness (QED) is 0.918. The average molecular weight is 337 g/mol. The summed E-state index contributed by atoms with van der Waals surface area (Å²) in [5.41, 5.74) is 0. The number of carbonyl (C=O) groups is 1. The van der Waals surface area contributed by atoms with Gasteiger partial charge in [0.25, 0.3) is 0 Å². The molecule has 0 aromatic carbocycles. The zero-order valence-electron chi connectivity index (χ0n) is 14.0. The first kappa shape index (κ1) is 16.7. The van der Waals surface area contributed by atoms with Gasteiger partial charge in [-0.2, -0.15) is 0 Å². The maximum Gasteiger partial charge on any atom is 0.317 e. The lowest BCUT2D eigenvalue weighted by Gasteiger charge is -2.38. The molecule has 2 aliphatic rings. The van der Waals surface area contributed by atoms with Crippen LogP contribution in [0.4, 0.5) is 4.79 Å². The Labute approximate surface area is 142 Å². The lowest BCUT2D eigenvalue weighted by molar-refractivity contribution is -0.0713. The number of hydrogen-bond acceptors (Lipinski definition) is 4. The van der Waals surface area contributed by atoms with E-state index in [4.69, 9.17) is 4.74 Å². The van der Waals surface area contributed by atoms with Crippen molar-refractivity contribution in [3.05, 3.63) is 22.4 Å². The van der Waals surface area contributed by atoms with E-state index < -0.39 is 0 Å². The molecule has 5 nitrogen and oxygen atoms in total. The number of ether oxygens (including phenoxy) is 1. The van der Waals surface area contributed by atoms with E-state index in [-0.39, 0.29) is 18.2 Å². The van der Waals surface area contributed by atoms with Gasteiger partial charge in [-0.3, -0.25) is 4.90 Å². The summed E-state index contributed by atoms with van der Waals surface area (Å²) >= 11 is 1.68. The Morgan fingerprint density at radius 3 is 2.87 bits per heavy atom. The van der Waals surface area contributed by atoms with Gasteiger partial charge in [0, 0.05) is 37.1 Å². The second kappa shape index (κ2) is 7.64. The van der Waals surface area contributed by atoms with E-state index in [2.05, 4.69) is 30.1 Å². The number of rotatable bonds is 4. The fraction of sp³-hybridized carbons (Fsp3) is 0.706. The van der Waals surface area contributed by atoms with Gasteiger partial charge in [-0.1, -0.05) is 6.07 Å². The van der Waals surface area contributed by atoms with E-state index in [0.29, 0.717) is 12.6 Å². The molecule has 3 heterocycles. The monoisotopic (exact) mass is 337 g/mol. The fourth-order valence-electron chi connectivity index (χ4n) is 3.70. The molecule has 1 N–H and O–H groups in total. The lowest BCUT2D eigenvalue weighted by Crippen LogP contribution is -2.52. The molecule has 3 rings (SSSR count). The number of nitrogens with one attached hydrogen (secondary N) is 1. The van der Waals surface area contributed by atoms with Crippen LogP contribution in [0, 0.1) is 0 Å². The fourth-order valence-corrected chi connectivity index (χ4v) is 4.35. The molecular formula is C17H27N3O2S. The highest BCUT2D eigenvalue weighted by Gasteiger charge is 2.32. The van der Waals surface area contributed by atoms with Crippen LogP contribution in [0.3, 0.4) is 0 Å². The van der Waals surface area contributed by atoms with E-state index in [1.165, 1.54) is 4.88 Å². The standard InChI is InChI=1S/C17H27N3O2S/c1-13-10-19(11-14(2)22-13)12-15-5-3-7-20(15)17(21)18-9-16-6-4-8-23-16/h4,6,8,13-15H,3,5,7,9-12H2,1-2H3,(H,18,21). The van der Waals surface area contributed by atoms with Crippen LogP contribution in [0.5, 0.6) is 0 Å². The number of urea groups is 1. The van der Waals surface area contributed by atoms with Crippen molar-refractivity contribution in [3.63, 3.8) is 0 Å². The van der Waals surface area contributed by atoms with Crippen molar-refractivity contribution >= 4 is 17.4 Å². The molecule has 6 heteroatoms. The molecule has 3 atom stereocenters. The number of carbonyl (C=O) groups excluding carboxylic acids is 1. The second-order valence-corrected chi connectivity index (χ2v) is 7.74. The summed E-state index contributed by atoms with van der Waals surface area (Å²) in [5.74, 6) is 0. The van der Waals surface area contributed by atoms with Gasteiger partial charge in [-0.15, -0.1) is 11.3 Å². The predicted octanol–water partition coefficient (Wildman–Crippen LogP) is 2.53. The molecule has 2 amide bonds. The molecule has 1 aromatic heterocycles. The van der Waals surface area contributed by atoms with Crippen LogP contribution in [0.2, 0.25) is 0 Å². The van der Waals surface area contributed by atoms with Crippen LogP contribution in [0.25, 0.3) is 0 Å². The Bertz CT molecular complexity index is 498. The van der Waals surface area contributed by atoms with Gasteiger partial charge in [0.15, 0.2) is 0 Å². The summed E-state index contributed by atoms with van der Waals surface area (Å²) in [6.45, 7) is 8.65. The van der Waals surface area contributed by atoms with Crippen LogP contribution < -0.4 is 5.32 Å². The first-order valence-electron chi connectivity index (χ1n) is 8.56. The summed E-state index contributed by atoms with van der Waals surface area (Å²) in [6, 6.07) is 4.49. The minimum atomic E-state index is 0.0789. The third-order valence-electron chi connectivity index (χ3n) is 4.60. The Morgan fingerprint density at radius 2 is 2.17 bits per heavy atom. The molecule has 0 bridgehead atoms. The first-order valence-corrected chi connectivity index (χ1v) is 9.44. The summed E-state index contributed by atoms with van der Waals surface area (Å²) in [4.78, 5) is 18.2. The first-order chi connectivity index (χ1) is 11.1. The van der Waals surface area contributed by atoms with Crippen LogP contribution in [0.1, 0.15) is 31.6 Å². The molecule has 0 aliphatic carbocycles. The van der Waals surface area contributed by atoms with Gasteiger partial charge >= 0.3 is 6.03 Å². The number of amides is 2. The third kappa shape index (κ3) is 4.46. The topological polar surface area (TPSA) is 44.8 Å². The van der Waals surface area contributed by atoms with Crippen molar-refractivity contribution in [2.45, 2.75) is 51.5 Å². The molecular weight excluding hydrogens is 310 g/mol. The normalized spacial score (nSPS) is 29.0. The predicted molar refractivity (Wildman–Crippen MR) is 92.7 cm³/mol. The van der Waals surface area contributed by atoms with Crippen molar-refractivity contribution in [2.24, 2.45) is 0 Å². The Hall–Kier alpha value is -1.11. The molecule has 2 fully saturated rings. The number of likely N-dealkylation sites (tertiary alicyclic amines) is 1. The minimum absolute atomic E-state index is 0.0789. The maximum atomic E-state index is 12.5. The van der Waals surface area contributed by atoms with E-state index in [9.17, 15) is 4.79 Å². The lowest BCUT2D eigenvalue weighted by atomic mass is 10.1. The zero-order valence-corrected chi connectivity index (χ0v) is 14.8. The van der Waals surface area contributed by atoms with Crippen molar-refractivity contribution in [1.29, 1.82) is 0 Å². The van der Waals surface area contributed by atoms with Crippen LogP contribution in [-0.4, -0.2) is 60.3 Å². The Balaban J connectivity index is 1.51. The van der Waals surface area contributed by atoms with Gasteiger partial charge in [0.2, 0.25) is 0 Å². The summed E-state index contributed by atoms with van der Waals surface area (Å²) in [6.07, 6.45) is 2.77. The molecule has 2 aliphatic heterocycles. The largest absolute Gasteiger partial charge is 0.373 e. The van der Waals surface area contributed by atoms with Gasteiger partial charge in [-0.05, 0) is 38.1 Å². The number of nitrogens with zero attached hydrogens (tertiary/aromatic N) is 2. The maximum absolute atomic E-state index is 12.5. The third-order valence-corrected chi connectivity index (χ3v) is 5.47. The second-order valence-electron chi connectivity index (χ2n) is 6.70. The molecule has 23 heavy (non-hydrogen) atoms. The van der Waals surface area contributed by atoms with Crippen molar-refractivity contribution in [1.82, 2.24) is 15.1 Å². The van der Waals surface area contributed by atoms with E-state index in [1.807, 2.05) is 16.3 Å². The average Bonchev–Trinajstić information content (AvgIpc) is 3.15. The van der Waals surface area contributed by atoms with Crippen LogP contribution >= 0.6 is 11.3 Å². The number of thiophene rings is 1. The van der Waals surface area contributed by atoms with Gasteiger partial charge in [0.05, 0.1) is 18.8 Å². The highest BCUT2D eigenvalue weighted by molar-refractivity contribution is 7.09. The SMILES string of the molecule is CC1CN(CC2CCCN2C(=O)NCc2cccs2)CC(C)O1. The Morgan fingerprint density at radius 1 is 1.39 bits per heavy atom. The zero-order chi connectivity index (χ0) is 16.2. The van der Waals surface area contributed by atoms with E-state index >= 15 is 0 Å². The summed E-state index contributed by atoms with van der Waals surface area (Å²) in [7, 11) is 0. The highest BCUT2D eigenvalue weighted by atomic mass is 32.1. The molecule has 1 aromatic rings. The van der Waals surface area contributed by atoms with Crippen molar-refractivity contribution < 1.29 is 9.53 Å². The molecule has 3 unspecified atom stereocenters. The molecule has 2 saturated heterocycles. The summed E-state index contributed by atoms with van der Waals surface area (Å²) in [5, 5.41) is 5.11. The number of morpholine rings is 1.